The number of likely N-dealkylation sites (tertiary alicyclic amines) is 1. The van der Waals surface area contributed by atoms with Crippen LogP contribution in [0.3, 0.4) is 0 Å². The van der Waals surface area contributed by atoms with Crippen LogP contribution in [0.2, 0.25) is 0 Å². The summed E-state index contributed by atoms with van der Waals surface area (Å²) in [5.74, 6) is -0.274. The Kier molecular flexibility index (Phi) is 1.89. The number of ether oxygens (including phenoxy) is 1. The smallest absolute Gasteiger partial charge is 0.235 e. The van der Waals surface area contributed by atoms with Gasteiger partial charge in [-0.3, -0.25) is 14.5 Å². The topological polar surface area (TPSA) is 46.6 Å². The highest BCUT2D eigenvalue weighted by molar-refractivity contribution is 6.06. The molecule has 4 heteroatoms. The third-order valence-corrected chi connectivity index (χ3v) is 3.82. The van der Waals surface area contributed by atoms with Gasteiger partial charge in [0.15, 0.2) is 0 Å². The van der Waals surface area contributed by atoms with Gasteiger partial charge in [0.2, 0.25) is 11.8 Å². The van der Waals surface area contributed by atoms with E-state index in [1.54, 1.807) is 0 Å². The third kappa shape index (κ3) is 1.06. The SMILES string of the molecule is CCCN1C(=O)[C@@H]2[C@H](C1=O)[C@H]1CC[C@@H]2O1. The van der Waals surface area contributed by atoms with Crippen LogP contribution in [0.4, 0.5) is 0 Å². The van der Waals surface area contributed by atoms with Gasteiger partial charge in [-0.05, 0) is 19.3 Å². The standard InChI is InChI=1S/C11H15NO3/c1-2-5-12-10(13)8-6-3-4-7(15-6)9(8)11(12)14/h6-9H,2-5H2,1H3/t6-,7+,8-,9+. The zero-order chi connectivity index (χ0) is 10.6. The maximum atomic E-state index is 12.0. The quantitative estimate of drug-likeness (QED) is 0.624. The van der Waals surface area contributed by atoms with Gasteiger partial charge in [-0.15, -0.1) is 0 Å². The molecule has 0 N–H and O–H groups in total. The number of amides is 2. The number of hydrogen-bond donors (Lipinski definition) is 0. The van der Waals surface area contributed by atoms with Gasteiger partial charge in [-0.2, -0.15) is 0 Å². The van der Waals surface area contributed by atoms with Crippen molar-refractivity contribution in [2.45, 2.75) is 38.4 Å². The van der Waals surface area contributed by atoms with E-state index in [4.69, 9.17) is 4.74 Å². The fourth-order valence-electron chi connectivity index (χ4n) is 3.22. The summed E-state index contributed by atoms with van der Waals surface area (Å²) in [5, 5.41) is 0. The first kappa shape index (κ1) is 9.33. The van der Waals surface area contributed by atoms with Gasteiger partial charge in [0.05, 0.1) is 24.0 Å². The summed E-state index contributed by atoms with van der Waals surface area (Å²) in [4.78, 5) is 25.5. The molecule has 3 heterocycles. The van der Waals surface area contributed by atoms with E-state index in [1.165, 1.54) is 4.90 Å². The Morgan fingerprint density at radius 1 is 1.20 bits per heavy atom. The average Bonchev–Trinajstić information content (AvgIpc) is 2.87. The largest absolute Gasteiger partial charge is 0.373 e. The van der Waals surface area contributed by atoms with Gasteiger partial charge in [0.1, 0.15) is 0 Å². The van der Waals surface area contributed by atoms with E-state index in [9.17, 15) is 9.59 Å². The van der Waals surface area contributed by atoms with E-state index >= 15 is 0 Å². The minimum atomic E-state index is -0.150. The minimum absolute atomic E-state index is 0.0130. The lowest BCUT2D eigenvalue weighted by atomic mass is 9.81. The van der Waals surface area contributed by atoms with E-state index in [0.717, 1.165) is 19.3 Å². The molecule has 3 saturated heterocycles. The lowest BCUT2D eigenvalue weighted by molar-refractivity contribution is -0.142. The highest BCUT2D eigenvalue weighted by Gasteiger charge is 2.61. The van der Waals surface area contributed by atoms with Crippen molar-refractivity contribution >= 4 is 11.8 Å². The molecule has 15 heavy (non-hydrogen) atoms. The summed E-state index contributed by atoms with van der Waals surface area (Å²) >= 11 is 0. The van der Waals surface area contributed by atoms with Crippen molar-refractivity contribution in [2.24, 2.45) is 11.8 Å². The summed E-state index contributed by atoms with van der Waals surface area (Å²) in [5.41, 5.74) is 0. The van der Waals surface area contributed by atoms with Crippen LogP contribution in [-0.2, 0) is 14.3 Å². The summed E-state index contributed by atoms with van der Waals surface area (Å²) < 4.78 is 5.64. The molecule has 82 valence electrons. The number of fused-ring (bicyclic) bond motifs is 5. The van der Waals surface area contributed by atoms with Crippen molar-refractivity contribution in [1.82, 2.24) is 4.90 Å². The van der Waals surface area contributed by atoms with Gasteiger partial charge in [-0.1, -0.05) is 6.92 Å². The molecule has 3 aliphatic heterocycles. The molecular weight excluding hydrogens is 194 g/mol. The average molecular weight is 209 g/mol. The Labute approximate surface area is 88.6 Å². The number of hydrogen-bond acceptors (Lipinski definition) is 3. The summed E-state index contributed by atoms with van der Waals surface area (Å²) in [6.45, 7) is 2.56. The van der Waals surface area contributed by atoms with Gasteiger partial charge in [-0.25, -0.2) is 0 Å². The summed E-state index contributed by atoms with van der Waals surface area (Å²) in [6, 6.07) is 0. The van der Waals surface area contributed by atoms with Crippen LogP contribution >= 0.6 is 0 Å². The third-order valence-electron chi connectivity index (χ3n) is 3.82. The molecule has 2 bridgehead atoms. The Bertz CT molecular complexity index is 300. The molecule has 3 aliphatic rings. The van der Waals surface area contributed by atoms with E-state index in [0.29, 0.717) is 6.54 Å². The molecule has 4 atom stereocenters. The predicted octanol–water partition coefficient (Wildman–Crippen LogP) is 0.559. The van der Waals surface area contributed by atoms with Gasteiger partial charge >= 0.3 is 0 Å². The Morgan fingerprint density at radius 2 is 1.73 bits per heavy atom. The highest BCUT2D eigenvalue weighted by Crippen LogP contribution is 2.48. The lowest BCUT2D eigenvalue weighted by Crippen LogP contribution is -2.34. The minimum Gasteiger partial charge on any atom is -0.373 e. The van der Waals surface area contributed by atoms with Gasteiger partial charge in [0, 0.05) is 6.54 Å². The van der Waals surface area contributed by atoms with Crippen LogP contribution in [0.15, 0.2) is 0 Å². The number of carbonyl (C=O) groups excluding carboxylic acids is 2. The molecule has 0 radical (unpaired) electrons. The van der Waals surface area contributed by atoms with Gasteiger partial charge < -0.3 is 4.74 Å². The zero-order valence-corrected chi connectivity index (χ0v) is 8.81. The molecule has 0 aromatic heterocycles. The number of rotatable bonds is 2. The maximum absolute atomic E-state index is 12.0. The van der Waals surface area contributed by atoms with Crippen LogP contribution in [0.5, 0.6) is 0 Å². The molecule has 2 amide bonds. The lowest BCUT2D eigenvalue weighted by Gasteiger charge is -2.15. The van der Waals surface area contributed by atoms with Crippen LogP contribution < -0.4 is 0 Å². The molecule has 0 unspecified atom stereocenters. The van der Waals surface area contributed by atoms with E-state index in [1.807, 2.05) is 6.92 Å². The van der Waals surface area contributed by atoms with Crippen LogP contribution in [0, 0.1) is 11.8 Å². The van der Waals surface area contributed by atoms with Crippen molar-refractivity contribution in [1.29, 1.82) is 0 Å². The fourth-order valence-corrected chi connectivity index (χ4v) is 3.22. The second-order valence-corrected chi connectivity index (χ2v) is 4.67. The molecule has 4 nitrogen and oxygen atoms in total. The fraction of sp³-hybridized carbons (Fsp3) is 0.818. The highest BCUT2D eigenvalue weighted by atomic mass is 16.5. The predicted molar refractivity (Wildman–Crippen MR) is 51.9 cm³/mol. The van der Waals surface area contributed by atoms with E-state index in [-0.39, 0.29) is 35.9 Å². The van der Waals surface area contributed by atoms with Crippen LogP contribution in [0.25, 0.3) is 0 Å². The van der Waals surface area contributed by atoms with Crippen molar-refractivity contribution < 1.29 is 14.3 Å². The maximum Gasteiger partial charge on any atom is 0.235 e. The summed E-state index contributed by atoms with van der Waals surface area (Å²) in [7, 11) is 0. The van der Waals surface area contributed by atoms with Crippen molar-refractivity contribution in [2.75, 3.05) is 6.54 Å². The Morgan fingerprint density at radius 3 is 2.20 bits per heavy atom. The second kappa shape index (κ2) is 3.04. The Balaban J connectivity index is 1.90. The van der Waals surface area contributed by atoms with Crippen molar-refractivity contribution in [3.63, 3.8) is 0 Å². The molecule has 3 rings (SSSR count). The zero-order valence-electron chi connectivity index (χ0n) is 8.81. The Hall–Kier alpha value is -0.900. The van der Waals surface area contributed by atoms with Crippen molar-refractivity contribution in [3.05, 3.63) is 0 Å². The molecule has 0 saturated carbocycles. The molecule has 0 aromatic carbocycles. The molecular formula is C11H15NO3. The molecule has 0 aliphatic carbocycles. The number of carbonyl (C=O) groups is 2. The first-order valence-corrected chi connectivity index (χ1v) is 5.74. The van der Waals surface area contributed by atoms with Crippen LogP contribution in [0.1, 0.15) is 26.2 Å². The van der Waals surface area contributed by atoms with Gasteiger partial charge in [0.25, 0.3) is 0 Å². The number of nitrogens with zero attached hydrogens (tertiary/aromatic N) is 1. The second-order valence-electron chi connectivity index (χ2n) is 4.67. The molecule has 0 aromatic rings. The monoisotopic (exact) mass is 209 g/mol. The molecule has 0 spiro atoms. The number of imide groups is 1. The first-order chi connectivity index (χ1) is 7.24. The molecule has 3 fully saturated rings. The van der Waals surface area contributed by atoms with E-state index < -0.39 is 0 Å². The van der Waals surface area contributed by atoms with E-state index in [2.05, 4.69) is 0 Å². The summed E-state index contributed by atoms with van der Waals surface area (Å²) in [6.07, 6.45) is 2.79. The normalized spacial score (nSPS) is 42.9. The first-order valence-electron chi connectivity index (χ1n) is 5.74. The van der Waals surface area contributed by atoms with Crippen LogP contribution in [-0.4, -0.2) is 35.5 Å². The van der Waals surface area contributed by atoms with Crippen molar-refractivity contribution in [3.8, 4) is 0 Å².